The fraction of sp³-hybridized carbons (Fsp3) is 0.227. The van der Waals surface area contributed by atoms with Crippen molar-refractivity contribution in [2.24, 2.45) is 7.05 Å². The third kappa shape index (κ3) is 3.09. The van der Waals surface area contributed by atoms with Gasteiger partial charge in [0, 0.05) is 17.2 Å². The zero-order valence-electron chi connectivity index (χ0n) is 14.7. The van der Waals surface area contributed by atoms with Crippen LogP contribution in [0.3, 0.4) is 0 Å². The molecule has 0 saturated carbocycles. The first kappa shape index (κ1) is 16.4. The molecule has 1 nitrogen and oxygen atoms in total. The van der Waals surface area contributed by atoms with Gasteiger partial charge in [-0.2, -0.15) is 0 Å². The van der Waals surface area contributed by atoms with E-state index in [-0.39, 0.29) is 5.82 Å². The number of aryl methyl sites for hydroxylation is 2. The molecular formula is C22H23FN+. The SMILES string of the molecule is Cc1ccccc1-c1cc(C(C)C)c(-c2ccc(F)cc2)c[n+]1C. The molecule has 0 aliphatic carbocycles. The average molecular weight is 320 g/mol. The summed E-state index contributed by atoms with van der Waals surface area (Å²) in [6.45, 7) is 6.53. The zero-order chi connectivity index (χ0) is 17.3. The van der Waals surface area contributed by atoms with Crippen molar-refractivity contribution in [3.05, 3.63) is 77.7 Å². The van der Waals surface area contributed by atoms with Crippen LogP contribution in [0.25, 0.3) is 22.4 Å². The summed E-state index contributed by atoms with van der Waals surface area (Å²) in [6, 6.07) is 17.5. The first-order chi connectivity index (χ1) is 11.5. The third-order valence-electron chi connectivity index (χ3n) is 4.50. The fourth-order valence-electron chi connectivity index (χ4n) is 3.14. The minimum Gasteiger partial charge on any atom is -0.207 e. The van der Waals surface area contributed by atoms with Crippen LogP contribution in [0.4, 0.5) is 4.39 Å². The van der Waals surface area contributed by atoms with Crippen molar-refractivity contribution in [1.82, 2.24) is 0 Å². The Morgan fingerprint density at radius 3 is 2.21 bits per heavy atom. The van der Waals surface area contributed by atoms with Crippen molar-refractivity contribution < 1.29 is 8.96 Å². The number of hydrogen-bond acceptors (Lipinski definition) is 0. The molecule has 0 radical (unpaired) electrons. The molecule has 0 fully saturated rings. The van der Waals surface area contributed by atoms with Gasteiger partial charge in [-0.05, 0) is 47.7 Å². The Balaban J connectivity index is 2.21. The van der Waals surface area contributed by atoms with Gasteiger partial charge < -0.3 is 0 Å². The van der Waals surface area contributed by atoms with Crippen LogP contribution in [-0.4, -0.2) is 0 Å². The number of benzene rings is 2. The van der Waals surface area contributed by atoms with E-state index in [0.717, 1.165) is 11.1 Å². The summed E-state index contributed by atoms with van der Waals surface area (Å²) in [7, 11) is 2.07. The van der Waals surface area contributed by atoms with E-state index in [1.54, 1.807) is 0 Å². The summed E-state index contributed by atoms with van der Waals surface area (Å²) in [6.07, 6.45) is 2.16. The van der Waals surface area contributed by atoms with E-state index in [4.69, 9.17) is 0 Å². The van der Waals surface area contributed by atoms with Crippen molar-refractivity contribution in [3.63, 3.8) is 0 Å². The number of rotatable bonds is 3. The molecule has 0 N–H and O–H groups in total. The van der Waals surface area contributed by atoms with E-state index in [9.17, 15) is 4.39 Å². The molecule has 3 aromatic rings. The molecule has 24 heavy (non-hydrogen) atoms. The van der Waals surface area contributed by atoms with Crippen LogP contribution >= 0.6 is 0 Å². The summed E-state index contributed by atoms with van der Waals surface area (Å²) in [5.74, 6) is 0.180. The van der Waals surface area contributed by atoms with Gasteiger partial charge in [0.1, 0.15) is 12.9 Å². The van der Waals surface area contributed by atoms with Crippen LogP contribution in [0, 0.1) is 12.7 Å². The maximum Gasteiger partial charge on any atom is 0.212 e. The molecule has 0 aliphatic heterocycles. The van der Waals surface area contributed by atoms with Gasteiger partial charge in [-0.25, -0.2) is 8.96 Å². The van der Waals surface area contributed by atoms with Gasteiger partial charge in [-0.15, -0.1) is 0 Å². The fourth-order valence-corrected chi connectivity index (χ4v) is 3.14. The smallest absolute Gasteiger partial charge is 0.207 e. The molecule has 0 saturated heterocycles. The lowest BCUT2D eigenvalue weighted by Crippen LogP contribution is -2.31. The first-order valence-electron chi connectivity index (χ1n) is 8.33. The topological polar surface area (TPSA) is 3.88 Å². The van der Waals surface area contributed by atoms with Crippen LogP contribution in [0.15, 0.2) is 60.8 Å². The third-order valence-corrected chi connectivity index (χ3v) is 4.50. The highest BCUT2D eigenvalue weighted by molar-refractivity contribution is 5.70. The molecule has 2 aromatic carbocycles. The highest BCUT2D eigenvalue weighted by Crippen LogP contribution is 2.31. The predicted octanol–water partition coefficient (Wildman–Crippen LogP) is 5.42. The van der Waals surface area contributed by atoms with Gasteiger partial charge in [0.05, 0.1) is 0 Å². The predicted molar refractivity (Wildman–Crippen MR) is 97.3 cm³/mol. The quantitative estimate of drug-likeness (QED) is 0.568. The average Bonchev–Trinajstić information content (AvgIpc) is 2.56. The van der Waals surface area contributed by atoms with E-state index in [1.165, 1.54) is 34.5 Å². The number of nitrogens with zero attached hydrogens (tertiary/aromatic N) is 1. The zero-order valence-corrected chi connectivity index (χ0v) is 14.7. The Morgan fingerprint density at radius 2 is 1.58 bits per heavy atom. The molecule has 0 amide bonds. The molecule has 122 valence electrons. The Kier molecular flexibility index (Phi) is 4.48. The first-order valence-corrected chi connectivity index (χ1v) is 8.33. The van der Waals surface area contributed by atoms with E-state index in [1.807, 2.05) is 12.1 Å². The summed E-state index contributed by atoms with van der Waals surface area (Å²) in [5.41, 5.74) is 7.18. The van der Waals surface area contributed by atoms with Gasteiger partial charge in [0.25, 0.3) is 0 Å². The van der Waals surface area contributed by atoms with Gasteiger partial charge in [-0.3, -0.25) is 0 Å². The van der Waals surface area contributed by atoms with E-state index < -0.39 is 0 Å². The van der Waals surface area contributed by atoms with E-state index in [0.29, 0.717) is 5.92 Å². The van der Waals surface area contributed by atoms with Crippen LogP contribution in [-0.2, 0) is 7.05 Å². The van der Waals surface area contributed by atoms with Gasteiger partial charge in [0.2, 0.25) is 5.69 Å². The van der Waals surface area contributed by atoms with Crippen LogP contribution in [0.2, 0.25) is 0 Å². The Bertz CT molecular complexity index is 864. The maximum atomic E-state index is 13.3. The molecule has 0 bridgehead atoms. The minimum atomic E-state index is -0.203. The van der Waals surface area contributed by atoms with Crippen LogP contribution in [0.5, 0.6) is 0 Å². The molecule has 0 atom stereocenters. The monoisotopic (exact) mass is 320 g/mol. The maximum absolute atomic E-state index is 13.3. The summed E-state index contributed by atoms with van der Waals surface area (Å²) < 4.78 is 15.4. The molecule has 1 heterocycles. The number of halogens is 1. The Hall–Kier alpha value is -2.48. The lowest BCUT2D eigenvalue weighted by Gasteiger charge is -2.14. The molecule has 0 aliphatic rings. The normalized spacial score (nSPS) is 11.1. The van der Waals surface area contributed by atoms with Crippen molar-refractivity contribution in [2.75, 3.05) is 0 Å². The molecule has 2 heteroatoms. The summed E-state index contributed by atoms with van der Waals surface area (Å²) >= 11 is 0. The second-order valence-electron chi connectivity index (χ2n) is 6.62. The summed E-state index contributed by atoms with van der Waals surface area (Å²) in [4.78, 5) is 0. The number of pyridine rings is 1. The van der Waals surface area contributed by atoms with Gasteiger partial charge >= 0.3 is 0 Å². The summed E-state index contributed by atoms with van der Waals surface area (Å²) in [5, 5.41) is 0. The molecular weight excluding hydrogens is 297 g/mol. The highest BCUT2D eigenvalue weighted by atomic mass is 19.1. The lowest BCUT2D eigenvalue weighted by atomic mass is 9.91. The Morgan fingerprint density at radius 1 is 0.917 bits per heavy atom. The van der Waals surface area contributed by atoms with E-state index in [2.05, 4.69) is 68.9 Å². The van der Waals surface area contributed by atoms with Crippen LogP contribution in [0.1, 0.15) is 30.9 Å². The molecule has 1 aromatic heterocycles. The second-order valence-corrected chi connectivity index (χ2v) is 6.62. The molecule has 3 rings (SSSR count). The van der Waals surface area contributed by atoms with Crippen molar-refractivity contribution in [3.8, 4) is 22.4 Å². The van der Waals surface area contributed by atoms with Crippen molar-refractivity contribution in [2.45, 2.75) is 26.7 Å². The second kappa shape index (κ2) is 6.56. The number of hydrogen-bond donors (Lipinski definition) is 0. The lowest BCUT2D eigenvalue weighted by molar-refractivity contribution is -0.660. The minimum absolute atomic E-state index is 0.203. The van der Waals surface area contributed by atoms with Gasteiger partial charge in [0.15, 0.2) is 6.20 Å². The number of aromatic nitrogens is 1. The van der Waals surface area contributed by atoms with Crippen LogP contribution < -0.4 is 4.57 Å². The van der Waals surface area contributed by atoms with Crippen molar-refractivity contribution >= 4 is 0 Å². The standard InChI is InChI=1S/C22H23FN/c1-15(2)20-13-22(19-8-6-5-7-16(19)3)24(4)14-21(20)17-9-11-18(23)12-10-17/h5-15H,1-4H3/q+1. The largest absolute Gasteiger partial charge is 0.212 e. The van der Waals surface area contributed by atoms with Gasteiger partial charge in [-0.1, -0.05) is 44.2 Å². The van der Waals surface area contributed by atoms with Crippen molar-refractivity contribution in [1.29, 1.82) is 0 Å². The Labute approximate surface area is 143 Å². The highest BCUT2D eigenvalue weighted by Gasteiger charge is 2.19. The molecule has 0 unspecified atom stereocenters. The van der Waals surface area contributed by atoms with E-state index >= 15 is 0 Å². The molecule has 0 spiro atoms.